The minimum Gasteiger partial charge on any atom is -0.398 e. The average Bonchev–Trinajstić information content (AvgIpc) is 2.36. The predicted molar refractivity (Wildman–Crippen MR) is 75.4 cm³/mol. The van der Waals surface area contributed by atoms with Gasteiger partial charge in [-0.3, -0.25) is 0 Å². The van der Waals surface area contributed by atoms with Crippen LogP contribution < -0.4 is 5.73 Å². The third kappa shape index (κ3) is 3.12. The smallest absolute Gasteiger partial charge is 0.123 e. The van der Waals surface area contributed by atoms with Crippen LogP contribution in [0.15, 0.2) is 36.4 Å². The Bertz CT molecular complexity index is 595. The molecule has 0 aliphatic carbocycles. The van der Waals surface area contributed by atoms with E-state index in [0.717, 1.165) is 16.7 Å². The zero-order chi connectivity index (χ0) is 14.0. The molecular formula is C16H18FNO. The van der Waals surface area contributed by atoms with Gasteiger partial charge >= 0.3 is 0 Å². The van der Waals surface area contributed by atoms with Gasteiger partial charge in [-0.15, -0.1) is 0 Å². The molecule has 100 valence electrons. The highest BCUT2D eigenvalue weighted by Crippen LogP contribution is 2.26. The Morgan fingerprint density at radius 1 is 1.16 bits per heavy atom. The molecule has 0 saturated carbocycles. The van der Waals surface area contributed by atoms with Crippen molar-refractivity contribution in [2.24, 2.45) is 0 Å². The first kappa shape index (κ1) is 13.6. The maximum atomic E-state index is 13.2. The van der Waals surface area contributed by atoms with Crippen LogP contribution in [0.4, 0.5) is 10.1 Å². The van der Waals surface area contributed by atoms with Crippen molar-refractivity contribution in [1.82, 2.24) is 0 Å². The molecule has 2 aromatic rings. The number of halogens is 1. The van der Waals surface area contributed by atoms with Crippen LogP contribution in [0.3, 0.4) is 0 Å². The van der Waals surface area contributed by atoms with Gasteiger partial charge < -0.3 is 10.8 Å². The molecule has 1 atom stereocenters. The zero-order valence-corrected chi connectivity index (χ0v) is 11.2. The van der Waals surface area contributed by atoms with Gasteiger partial charge in [-0.1, -0.05) is 23.8 Å². The number of aliphatic hydroxyl groups is 1. The molecule has 0 aliphatic heterocycles. The van der Waals surface area contributed by atoms with Crippen molar-refractivity contribution < 1.29 is 9.50 Å². The summed E-state index contributed by atoms with van der Waals surface area (Å²) in [4.78, 5) is 0. The topological polar surface area (TPSA) is 46.2 Å². The van der Waals surface area contributed by atoms with Crippen LogP contribution in [0.25, 0.3) is 0 Å². The van der Waals surface area contributed by atoms with Crippen LogP contribution >= 0.6 is 0 Å². The average molecular weight is 259 g/mol. The van der Waals surface area contributed by atoms with Crippen LogP contribution in [0, 0.1) is 19.7 Å². The van der Waals surface area contributed by atoms with E-state index >= 15 is 0 Å². The third-order valence-corrected chi connectivity index (χ3v) is 3.33. The number of nitrogens with two attached hydrogens (primary N) is 1. The van der Waals surface area contributed by atoms with E-state index in [9.17, 15) is 9.50 Å². The lowest BCUT2D eigenvalue weighted by molar-refractivity contribution is 0.178. The summed E-state index contributed by atoms with van der Waals surface area (Å²) in [6.07, 6.45) is -0.363. The molecule has 3 heteroatoms. The summed E-state index contributed by atoms with van der Waals surface area (Å²) < 4.78 is 13.2. The lowest BCUT2D eigenvalue weighted by atomic mass is 9.96. The molecule has 2 nitrogen and oxygen atoms in total. The number of hydrogen-bond acceptors (Lipinski definition) is 2. The first-order valence-electron chi connectivity index (χ1n) is 6.26. The van der Waals surface area contributed by atoms with Gasteiger partial charge in [0.25, 0.3) is 0 Å². The van der Waals surface area contributed by atoms with Crippen molar-refractivity contribution in [3.8, 4) is 0 Å². The maximum absolute atomic E-state index is 13.2. The molecule has 0 bridgehead atoms. The fraction of sp³-hybridized carbons (Fsp3) is 0.250. The molecule has 0 fully saturated rings. The van der Waals surface area contributed by atoms with E-state index in [2.05, 4.69) is 0 Å². The van der Waals surface area contributed by atoms with Crippen LogP contribution in [-0.2, 0) is 6.42 Å². The van der Waals surface area contributed by atoms with E-state index in [1.807, 2.05) is 32.0 Å². The highest BCUT2D eigenvalue weighted by atomic mass is 19.1. The van der Waals surface area contributed by atoms with E-state index in [1.54, 1.807) is 0 Å². The van der Waals surface area contributed by atoms with Crippen LogP contribution in [-0.4, -0.2) is 5.11 Å². The second-order valence-electron chi connectivity index (χ2n) is 4.92. The maximum Gasteiger partial charge on any atom is 0.123 e. The van der Waals surface area contributed by atoms with Crippen molar-refractivity contribution >= 4 is 5.69 Å². The van der Waals surface area contributed by atoms with Gasteiger partial charge in [-0.2, -0.15) is 0 Å². The molecule has 0 aliphatic rings. The van der Waals surface area contributed by atoms with E-state index in [0.29, 0.717) is 17.7 Å². The quantitative estimate of drug-likeness (QED) is 0.831. The number of aliphatic hydroxyl groups excluding tert-OH is 1. The molecule has 2 aromatic carbocycles. The number of nitrogen functional groups attached to an aromatic ring is 1. The summed E-state index contributed by atoms with van der Waals surface area (Å²) >= 11 is 0. The Morgan fingerprint density at radius 3 is 2.63 bits per heavy atom. The Labute approximate surface area is 112 Å². The molecule has 1 unspecified atom stereocenters. The van der Waals surface area contributed by atoms with Crippen molar-refractivity contribution in [2.75, 3.05) is 5.73 Å². The molecule has 0 aromatic heterocycles. The van der Waals surface area contributed by atoms with E-state index in [1.165, 1.54) is 18.2 Å². The fourth-order valence-electron chi connectivity index (χ4n) is 2.17. The molecule has 0 radical (unpaired) electrons. The number of anilines is 1. The Kier molecular flexibility index (Phi) is 3.86. The zero-order valence-electron chi connectivity index (χ0n) is 11.2. The third-order valence-electron chi connectivity index (χ3n) is 3.33. The summed E-state index contributed by atoms with van der Waals surface area (Å²) in [6.45, 7) is 4.00. The summed E-state index contributed by atoms with van der Waals surface area (Å²) in [5.74, 6) is -0.385. The fourth-order valence-corrected chi connectivity index (χ4v) is 2.17. The first-order valence-corrected chi connectivity index (χ1v) is 6.26. The summed E-state index contributed by atoms with van der Waals surface area (Å²) in [5.41, 5.74) is 9.95. The van der Waals surface area contributed by atoms with Crippen molar-refractivity contribution in [3.63, 3.8) is 0 Å². The second-order valence-corrected chi connectivity index (χ2v) is 4.92. The number of benzene rings is 2. The SMILES string of the molecule is Cc1ccc(C)c(CC(O)c2cc(F)ccc2N)c1. The molecule has 3 N–H and O–H groups in total. The molecule has 0 heterocycles. The lowest BCUT2D eigenvalue weighted by Gasteiger charge is -2.15. The molecule has 0 spiro atoms. The number of hydrogen-bond donors (Lipinski definition) is 2. The van der Waals surface area contributed by atoms with Crippen LogP contribution in [0.2, 0.25) is 0 Å². The Hall–Kier alpha value is -1.87. The largest absolute Gasteiger partial charge is 0.398 e. The molecule has 19 heavy (non-hydrogen) atoms. The van der Waals surface area contributed by atoms with Gasteiger partial charge in [0.05, 0.1) is 6.10 Å². The first-order chi connectivity index (χ1) is 8.97. The van der Waals surface area contributed by atoms with E-state index in [4.69, 9.17) is 5.73 Å². The lowest BCUT2D eigenvalue weighted by Crippen LogP contribution is -2.07. The van der Waals surface area contributed by atoms with Gasteiger partial charge in [0.2, 0.25) is 0 Å². The molecule has 0 amide bonds. The van der Waals surface area contributed by atoms with Crippen molar-refractivity contribution in [3.05, 3.63) is 64.5 Å². The molecule has 0 saturated heterocycles. The molecular weight excluding hydrogens is 241 g/mol. The summed E-state index contributed by atoms with van der Waals surface area (Å²) in [5, 5.41) is 10.2. The standard InChI is InChI=1S/C16H18FNO/c1-10-3-4-11(2)12(7-10)8-16(19)14-9-13(17)5-6-15(14)18/h3-7,9,16,19H,8,18H2,1-2H3. The second kappa shape index (κ2) is 5.41. The normalized spacial score (nSPS) is 12.4. The van der Waals surface area contributed by atoms with Gasteiger partial charge in [-0.05, 0) is 43.2 Å². The minimum absolute atomic E-state index is 0.385. The number of rotatable bonds is 3. The van der Waals surface area contributed by atoms with E-state index < -0.39 is 6.10 Å². The van der Waals surface area contributed by atoms with Gasteiger partial charge in [0.1, 0.15) is 5.82 Å². The summed E-state index contributed by atoms with van der Waals surface area (Å²) in [7, 11) is 0. The van der Waals surface area contributed by atoms with Crippen LogP contribution in [0.1, 0.15) is 28.4 Å². The highest BCUT2D eigenvalue weighted by molar-refractivity contribution is 5.48. The van der Waals surface area contributed by atoms with E-state index in [-0.39, 0.29) is 5.82 Å². The van der Waals surface area contributed by atoms with Gasteiger partial charge in [0.15, 0.2) is 0 Å². The van der Waals surface area contributed by atoms with Gasteiger partial charge in [-0.25, -0.2) is 4.39 Å². The van der Waals surface area contributed by atoms with Gasteiger partial charge in [0, 0.05) is 17.7 Å². The predicted octanol–water partition coefficient (Wildman–Crippen LogP) is 3.30. The molecule has 2 rings (SSSR count). The van der Waals surface area contributed by atoms with Crippen molar-refractivity contribution in [1.29, 1.82) is 0 Å². The highest BCUT2D eigenvalue weighted by Gasteiger charge is 2.14. The van der Waals surface area contributed by atoms with Crippen molar-refractivity contribution in [2.45, 2.75) is 26.4 Å². The Morgan fingerprint density at radius 2 is 1.89 bits per heavy atom. The van der Waals surface area contributed by atoms with Crippen LogP contribution in [0.5, 0.6) is 0 Å². The number of aryl methyl sites for hydroxylation is 2. The monoisotopic (exact) mass is 259 g/mol. The minimum atomic E-state index is -0.795. The summed E-state index contributed by atoms with van der Waals surface area (Å²) in [6, 6.07) is 10.2. The Balaban J connectivity index is 2.27.